The Morgan fingerprint density at radius 1 is 0.881 bits per heavy atom. The number of hydrogen-bond acceptors (Lipinski definition) is 2. The third-order valence-corrected chi connectivity index (χ3v) is 11.0. The molecule has 42 heavy (non-hydrogen) atoms. The molecule has 0 saturated carbocycles. The predicted octanol–water partition coefficient (Wildman–Crippen LogP) is 8.59. The summed E-state index contributed by atoms with van der Waals surface area (Å²) >= 11 is 0. The van der Waals surface area contributed by atoms with Gasteiger partial charge in [-0.05, 0) is 72.3 Å². The zero-order valence-corrected chi connectivity index (χ0v) is 27.7. The van der Waals surface area contributed by atoms with E-state index in [1.807, 2.05) is 36.4 Å². The number of unbranched alkanes of at least 4 members (excludes halogenated alkanes) is 1. The van der Waals surface area contributed by atoms with Crippen molar-refractivity contribution in [3.63, 3.8) is 0 Å². The Morgan fingerprint density at radius 2 is 1.55 bits per heavy atom. The first-order valence-electron chi connectivity index (χ1n) is 15.7. The first-order valence-corrected chi connectivity index (χ1v) is 17.1. The quantitative estimate of drug-likeness (QED) is 0.148. The summed E-state index contributed by atoms with van der Waals surface area (Å²) in [5.41, 5.74) is 6.30. The largest absolute Gasteiger partial charge is 0.320 e. The summed E-state index contributed by atoms with van der Waals surface area (Å²) in [6, 6.07) is 20.3. The van der Waals surface area contributed by atoms with E-state index in [0.29, 0.717) is 18.0 Å². The van der Waals surface area contributed by atoms with Crippen LogP contribution in [0, 0.1) is 19.3 Å². The highest BCUT2D eigenvalue weighted by Gasteiger charge is 2.34. The average Bonchev–Trinajstić information content (AvgIpc) is 2.92. The summed E-state index contributed by atoms with van der Waals surface area (Å²) in [6.45, 7) is 20.6. The van der Waals surface area contributed by atoms with Crippen molar-refractivity contribution in [3.8, 4) is 0 Å². The summed E-state index contributed by atoms with van der Waals surface area (Å²) in [5.74, 6) is 0. The number of hydrogen-bond donors (Lipinski definition) is 0. The fourth-order valence-corrected chi connectivity index (χ4v) is 9.02. The van der Waals surface area contributed by atoms with E-state index in [9.17, 15) is 8.42 Å². The van der Waals surface area contributed by atoms with E-state index in [0.717, 1.165) is 60.7 Å². The van der Waals surface area contributed by atoms with Crippen LogP contribution in [0.4, 0.5) is 0 Å². The molecule has 0 N–H and O–H groups in total. The van der Waals surface area contributed by atoms with Crippen molar-refractivity contribution >= 4 is 20.8 Å². The van der Waals surface area contributed by atoms with Gasteiger partial charge < -0.3 is 4.48 Å². The van der Waals surface area contributed by atoms with Gasteiger partial charge in [-0.2, -0.15) is 4.31 Å². The van der Waals surface area contributed by atoms with Crippen LogP contribution in [0.5, 0.6) is 0 Å². The average molecular weight is 588 g/mol. The van der Waals surface area contributed by atoms with Crippen LogP contribution in [0.25, 0.3) is 10.8 Å². The molecular formula is C37H51N2O2S+. The van der Waals surface area contributed by atoms with Gasteiger partial charge in [-0.1, -0.05) is 95.9 Å². The number of aryl methyl sites for hydroxylation is 2. The van der Waals surface area contributed by atoms with Crippen molar-refractivity contribution in [1.29, 1.82) is 0 Å². The number of benzene rings is 3. The summed E-state index contributed by atoms with van der Waals surface area (Å²) < 4.78 is 31.6. The molecule has 0 radical (unpaired) electrons. The molecule has 0 heterocycles. The Kier molecular flexibility index (Phi) is 10.2. The Bertz CT molecular complexity index is 1540. The summed E-state index contributed by atoms with van der Waals surface area (Å²) in [4.78, 5) is 0.412. The van der Waals surface area contributed by atoms with Gasteiger partial charge in [0.25, 0.3) is 0 Å². The molecule has 4 rings (SSSR count). The van der Waals surface area contributed by atoms with Crippen LogP contribution in [-0.2, 0) is 16.6 Å². The third kappa shape index (κ3) is 7.61. The molecule has 4 nitrogen and oxygen atoms in total. The van der Waals surface area contributed by atoms with Crippen molar-refractivity contribution in [3.05, 3.63) is 101 Å². The molecule has 5 heteroatoms. The number of quaternary nitrogens is 1. The molecule has 1 atom stereocenters. The normalized spacial score (nSPS) is 17.9. The van der Waals surface area contributed by atoms with Crippen LogP contribution in [-0.4, -0.2) is 49.9 Å². The van der Waals surface area contributed by atoms with Crippen molar-refractivity contribution < 1.29 is 12.9 Å². The van der Waals surface area contributed by atoms with Gasteiger partial charge in [0.2, 0.25) is 10.0 Å². The van der Waals surface area contributed by atoms with Crippen molar-refractivity contribution in [1.82, 2.24) is 4.31 Å². The Labute approximate surface area is 255 Å². The first kappa shape index (κ1) is 32.2. The Balaban J connectivity index is 1.57. The van der Waals surface area contributed by atoms with Gasteiger partial charge in [0.15, 0.2) is 0 Å². The topological polar surface area (TPSA) is 37.4 Å². The molecule has 3 aromatic carbocycles. The number of nitrogens with zero attached hydrogens (tertiary/aromatic N) is 2. The zero-order valence-electron chi connectivity index (χ0n) is 26.9. The lowest BCUT2D eigenvalue weighted by Crippen LogP contribution is -2.48. The van der Waals surface area contributed by atoms with Crippen LogP contribution in [0.2, 0.25) is 0 Å². The first-order chi connectivity index (χ1) is 19.9. The Morgan fingerprint density at radius 3 is 2.21 bits per heavy atom. The van der Waals surface area contributed by atoms with E-state index in [1.165, 1.54) is 27.8 Å². The zero-order chi connectivity index (χ0) is 30.5. The van der Waals surface area contributed by atoms with Gasteiger partial charge in [-0.25, -0.2) is 8.42 Å². The summed E-state index contributed by atoms with van der Waals surface area (Å²) in [5, 5.41) is 1.75. The maximum atomic E-state index is 14.4. The van der Waals surface area contributed by atoms with Gasteiger partial charge in [-0.3, -0.25) is 0 Å². The van der Waals surface area contributed by atoms with Crippen molar-refractivity contribution in [2.75, 3.05) is 32.7 Å². The van der Waals surface area contributed by atoms with Gasteiger partial charge in [0.1, 0.15) is 6.54 Å². The lowest BCUT2D eigenvalue weighted by Gasteiger charge is -2.38. The lowest BCUT2D eigenvalue weighted by molar-refractivity contribution is -0.938. The van der Waals surface area contributed by atoms with Gasteiger partial charge in [0.05, 0.1) is 24.5 Å². The molecule has 0 saturated heterocycles. The molecule has 3 aromatic rings. The van der Waals surface area contributed by atoms with Crippen LogP contribution in [0.15, 0.2) is 88.9 Å². The highest BCUT2D eigenvalue weighted by Crippen LogP contribution is 2.37. The highest BCUT2D eigenvalue weighted by molar-refractivity contribution is 7.89. The second-order valence-corrected chi connectivity index (χ2v) is 15.0. The molecule has 0 spiro atoms. The van der Waals surface area contributed by atoms with Crippen molar-refractivity contribution in [2.45, 2.75) is 79.2 Å². The van der Waals surface area contributed by atoms with E-state index in [1.54, 1.807) is 10.4 Å². The second-order valence-electron chi connectivity index (χ2n) is 13.1. The van der Waals surface area contributed by atoms with Crippen LogP contribution in [0.3, 0.4) is 0 Å². The second kappa shape index (κ2) is 13.3. The van der Waals surface area contributed by atoms with E-state index in [2.05, 4.69) is 78.8 Å². The number of rotatable bonds is 13. The van der Waals surface area contributed by atoms with Crippen LogP contribution >= 0.6 is 0 Å². The standard InChI is InChI=1S/C37H51N2O2S/c1-8-39(9-2,27-33-23-29(3)21-30(4)24-33)20-13-12-19-38(28-37(7)25-31(5)22-32(6)26-37)42(40,41)36-18-14-16-34-15-10-11-17-35(34)36/h10-11,14-18,21-25H,8-9,12-13,19-20,26-28H2,1-7H3/q+1. The summed E-state index contributed by atoms with van der Waals surface area (Å²) in [7, 11) is -3.71. The third-order valence-electron chi connectivity index (χ3n) is 9.07. The lowest BCUT2D eigenvalue weighted by atomic mass is 9.78. The molecule has 0 aliphatic heterocycles. The minimum Gasteiger partial charge on any atom is -0.320 e. The van der Waals surface area contributed by atoms with Gasteiger partial charge in [0, 0.05) is 29.5 Å². The fourth-order valence-electron chi connectivity index (χ4n) is 7.19. The smallest absolute Gasteiger partial charge is 0.243 e. The summed E-state index contributed by atoms with van der Waals surface area (Å²) in [6.07, 6.45) is 7.18. The van der Waals surface area contributed by atoms with Gasteiger partial charge >= 0.3 is 0 Å². The predicted molar refractivity (Wildman–Crippen MR) is 178 cm³/mol. The molecule has 1 unspecified atom stereocenters. The van der Waals surface area contributed by atoms with E-state index < -0.39 is 10.0 Å². The Hall–Kier alpha value is -2.73. The fraction of sp³-hybridized carbons (Fsp3) is 0.459. The highest BCUT2D eigenvalue weighted by atomic mass is 32.2. The van der Waals surface area contributed by atoms with Crippen LogP contribution < -0.4 is 0 Å². The number of fused-ring (bicyclic) bond motifs is 1. The van der Waals surface area contributed by atoms with E-state index >= 15 is 0 Å². The molecule has 0 aromatic heterocycles. The molecule has 0 fully saturated rings. The molecule has 0 bridgehead atoms. The number of allylic oxidation sites excluding steroid dienone is 3. The number of sulfonamides is 1. The van der Waals surface area contributed by atoms with Crippen molar-refractivity contribution in [2.24, 2.45) is 5.41 Å². The SMILES string of the molecule is CC[N+](CC)(CCCCN(CC1(C)C=C(C)C=C(C)C1)S(=O)(=O)c1cccc2ccccc12)Cc1cc(C)cc(C)c1. The molecular weight excluding hydrogens is 536 g/mol. The minimum absolute atomic E-state index is 0.240. The monoisotopic (exact) mass is 587 g/mol. The van der Waals surface area contributed by atoms with E-state index in [-0.39, 0.29) is 5.41 Å². The maximum Gasteiger partial charge on any atom is 0.243 e. The van der Waals surface area contributed by atoms with E-state index in [4.69, 9.17) is 0 Å². The minimum atomic E-state index is -3.71. The van der Waals surface area contributed by atoms with Gasteiger partial charge in [-0.15, -0.1) is 0 Å². The van der Waals surface area contributed by atoms with Crippen LogP contribution in [0.1, 0.15) is 70.6 Å². The maximum absolute atomic E-state index is 14.4. The molecule has 1 aliphatic rings. The molecule has 0 amide bonds. The molecule has 226 valence electrons. The molecule has 1 aliphatic carbocycles.